The predicted octanol–water partition coefficient (Wildman–Crippen LogP) is 4.24. The van der Waals surface area contributed by atoms with E-state index in [1.807, 2.05) is 14.1 Å². The first-order valence-corrected chi connectivity index (χ1v) is 10.0. The molecule has 0 radical (unpaired) electrons. The van der Waals surface area contributed by atoms with Crippen molar-refractivity contribution in [1.82, 2.24) is 19.9 Å². The number of hydrogen-bond acceptors (Lipinski definition) is 5. The Bertz CT molecular complexity index is 1120. The number of benzene rings is 1. The van der Waals surface area contributed by atoms with Gasteiger partial charge < -0.3 is 14.3 Å². The number of halogens is 3. The molecule has 0 saturated carbocycles. The number of fused-ring (bicyclic) bond motifs is 1. The summed E-state index contributed by atoms with van der Waals surface area (Å²) in [5.74, 6) is 0.191. The largest absolute Gasteiger partial charge is 0.416 e. The molecule has 0 bridgehead atoms. The van der Waals surface area contributed by atoms with Crippen molar-refractivity contribution in [3.8, 4) is 11.3 Å². The molecule has 31 heavy (non-hydrogen) atoms. The smallest absolute Gasteiger partial charge is 0.338 e. The van der Waals surface area contributed by atoms with Crippen LogP contribution in [0.25, 0.3) is 22.4 Å². The van der Waals surface area contributed by atoms with Crippen LogP contribution in [0.3, 0.4) is 0 Å². The molecular formula is C22H23F3N4O2. The van der Waals surface area contributed by atoms with Crippen molar-refractivity contribution >= 4 is 17.0 Å². The van der Waals surface area contributed by atoms with Crippen LogP contribution >= 0.6 is 0 Å². The monoisotopic (exact) mass is 432 g/mol. The number of amides is 1. The van der Waals surface area contributed by atoms with Gasteiger partial charge in [-0.3, -0.25) is 4.79 Å². The standard InChI is InChI=1S/C22H23F3N4O2/c1-13-19-17(21(30)29-8-7-14(12-29)11-28(2)3)10-18(26-20(19)31-27-13)15-5-4-6-16(9-15)22(23,24)25/h4-6,9-10,14H,7-8,11-12H2,1-3H3. The predicted molar refractivity (Wildman–Crippen MR) is 110 cm³/mol. The van der Waals surface area contributed by atoms with Crippen LogP contribution in [0.15, 0.2) is 34.9 Å². The summed E-state index contributed by atoms with van der Waals surface area (Å²) in [6.07, 6.45) is -3.57. The van der Waals surface area contributed by atoms with Crippen molar-refractivity contribution in [2.24, 2.45) is 5.92 Å². The number of pyridine rings is 1. The third-order valence-corrected chi connectivity index (χ3v) is 5.53. The summed E-state index contributed by atoms with van der Waals surface area (Å²) in [4.78, 5) is 21.6. The molecule has 1 unspecified atom stereocenters. The first-order chi connectivity index (χ1) is 14.6. The van der Waals surface area contributed by atoms with Gasteiger partial charge in [0, 0.05) is 25.2 Å². The van der Waals surface area contributed by atoms with E-state index in [1.54, 1.807) is 17.9 Å². The summed E-state index contributed by atoms with van der Waals surface area (Å²) < 4.78 is 44.8. The molecule has 0 spiro atoms. The number of carbonyl (C=O) groups is 1. The topological polar surface area (TPSA) is 62.5 Å². The average Bonchev–Trinajstić information content (AvgIpc) is 3.32. The molecule has 1 amide bonds. The highest BCUT2D eigenvalue weighted by atomic mass is 19.4. The van der Waals surface area contributed by atoms with E-state index in [-0.39, 0.29) is 22.9 Å². The number of carbonyl (C=O) groups excluding carboxylic acids is 1. The molecule has 1 aliphatic rings. The fourth-order valence-electron chi connectivity index (χ4n) is 4.12. The fourth-order valence-corrected chi connectivity index (χ4v) is 4.12. The van der Waals surface area contributed by atoms with Crippen LogP contribution < -0.4 is 0 Å². The van der Waals surface area contributed by atoms with Crippen LogP contribution in [0.2, 0.25) is 0 Å². The maximum atomic E-state index is 13.4. The third-order valence-electron chi connectivity index (χ3n) is 5.53. The van der Waals surface area contributed by atoms with E-state index in [2.05, 4.69) is 15.0 Å². The lowest BCUT2D eigenvalue weighted by atomic mass is 10.0. The number of aromatic nitrogens is 2. The summed E-state index contributed by atoms with van der Waals surface area (Å²) >= 11 is 0. The minimum Gasteiger partial charge on any atom is -0.338 e. The quantitative estimate of drug-likeness (QED) is 0.617. The molecule has 1 atom stereocenters. The fraction of sp³-hybridized carbons (Fsp3) is 0.409. The van der Waals surface area contributed by atoms with E-state index in [0.717, 1.165) is 25.1 Å². The van der Waals surface area contributed by atoms with Crippen molar-refractivity contribution in [3.63, 3.8) is 0 Å². The molecule has 1 fully saturated rings. The van der Waals surface area contributed by atoms with Crippen LogP contribution in [0.5, 0.6) is 0 Å². The molecular weight excluding hydrogens is 409 g/mol. The molecule has 1 saturated heterocycles. The Morgan fingerprint density at radius 1 is 1.29 bits per heavy atom. The van der Waals surface area contributed by atoms with Crippen molar-refractivity contribution < 1.29 is 22.5 Å². The summed E-state index contributed by atoms with van der Waals surface area (Å²) in [6, 6.07) is 6.42. The van der Waals surface area contributed by atoms with Gasteiger partial charge in [0.25, 0.3) is 11.6 Å². The summed E-state index contributed by atoms with van der Waals surface area (Å²) in [5.41, 5.74) is 0.723. The highest BCUT2D eigenvalue weighted by Crippen LogP contribution is 2.34. The number of hydrogen-bond donors (Lipinski definition) is 0. The zero-order valence-corrected chi connectivity index (χ0v) is 17.5. The molecule has 9 heteroatoms. The maximum absolute atomic E-state index is 13.4. The lowest BCUT2D eigenvalue weighted by molar-refractivity contribution is -0.137. The number of aryl methyl sites for hydroxylation is 1. The first-order valence-electron chi connectivity index (χ1n) is 10.0. The van der Waals surface area contributed by atoms with E-state index < -0.39 is 11.7 Å². The Kier molecular flexibility index (Phi) is 5.47. The number of nitrogens with zero attached hydrogens (tertiary/aromatic N) is 4. The second-order valence-corrected chi connectivity index (χ2v) is 8.25. The third kappa shape index (κ3) is 4.27. The minimum absolute atomic E-state index is 0.139. The van der Waals surface area contributed by atoms with Crippen molar-refractivity contribution in [1.29, 1.82) is 0 Å². The Morgan fingerprint density at radius 3 is 2.77 bits per heavy atom. The van der Waals surface area contributed by atoms with Crippen LogP contribution in [0, 0.1) is 12.8 Å². The van der Waals surface area contributed by atoms with Gasteiger partial charge in [0.05, 0.1) is 27.9 Å². The zero-order valence-electron chi connectivity index (χ0n) is 17.5. The Morgan fingerprint density at radius 2 is 2.06 bits per heavy atom. The number of alkyl halides is 3. The molecule has 3 heterocycles. The second kappa shape index (κ2) is 7.96. The summed E-state index contributed by atoms with van der Waals surface area (Å²) in [7, 11) is 4.00. The lowest BCUT2D eigenvalue weighted by Crippen LogP contribution is -2.31. The van der Waals surface area contributed by atoms with Gasteiger partial charge in [-0.1, -0.05) is 17.3 Å². The molecule has 4 rings (SSSR count). The van der Waals surface area contributed by atoms with Crippen LogP contribution in [-0.2, 0) is 6.18 Å². The summed E-state index contributed by atoms with van der Waals surface area (Å²) in [6.45, 7) is 3.86. The second-order valence-electron chi connectivity index (χ2n) is 8.25. The molecule has 2 aromatic heterocycles. The average molecular weight is 432 g/mol. The molecule has 0 N–H and O–H groups in total. The van der Waals surface area contributed by atoms with Gasteiger partial charge in [-0.2, -0.15) is 13.2 Å². The maximum Gasteiger partial charge on any atom is 0.416 e. The molecule has 3 aromatic rings. The van der Waals surface area contributed by atoms with Crippen LogP contribution in [0.4, 0.5) is 13.2 Å². The number of likely N-dealkylation sites (tertiary alicyclic amines) is 1. The molecule has 164 valence electrons. The normalized spacial score (nSPS) is 17.1. The van der Waals surface area contributed by atoms with E-state index in [4.69, 9.17) is 4.52 Å². The Hall–Kier alpha value is -2.94. The molecule has 1 aliphatic heterocycles. The summed E-state index contributed by atoms with van der Waals surface area (Å²) in [5, 5.41) is 4.41. The Balaban J connectivity index is 1.74. The van der Waals surface area contributed by atoms with E-state index >= 15 is 0 Å². The van der Waals surface area contributed by atoms with Gasteiger partial charge in [0.2, 0.25) is 0 Å². The van der Waals surface area contributed by atoms with Gasteiger partial charge in [-0.15, -0.1) is 0 Å². The first kappa shape index (κ1) is 21.3. The van der Waals surface area contributed by atoms with Crippen LogP contribution in [-0.4, -0.2) is 59.6 Å². The van der Waals surface area contributed by atoms with Gasteiger partial charge in [0.15, 0.2) is 0 Å². The lowest BCUT2D eigenvalue weighted by Gasteiger charge is -2.19. The van der Waals surface area contributed by atoms with Gasteiger partial charge in [0.1, 0.15) is 0 Å². The highest BCUT2D eigenvalue weighted by molar-refractivity contribution is 6.07. The van der Waals surface area contributed by atoms with Gasteiger partial charge in [-0.05, 0) is 51.6 Å². The number of rotatable bonds is 4. The van der Waals surface area contributed by atoms with Gasteiger partial charge in [-0.25, -0.2) is 4.98 Å². The SMILES string of the molecule is Cc1noc2nc(-c3cccc(C(F)(F)F)c3)cc(C(=O)N3CCC(CN(C)C)C3)c12. The van der Waals surface area contributed by atoms with Gasteiger partial charge >= 0.3 is 6.18 Å². The Labute approximate surface area is 177 Å². The van der Waals surface area contributed by atoms with Crippen LogP contribution in [0.1, 0.15) is 28.0 Å². The molecule has 6 nitrogen and oxygen atoms in total. The zero-order chi connectivity index (χ0) is 22.3. The van der Waals surface area contributed by atoms with E-state index in [1.165, 1.54) is 12.1 Å². The minimum atomic E-state index is -4.47. The highest BCUT2D eigenvalue weighted by Gasteiger charge is 2.32. The molecule has 1 aromatic carbocycles. The van der Waals surface area contributed by atoms with E-state index in [9.17, 15) is 18.0 Å². The molecule has 0 aliphatic carbocycles. The van der Waals surface area contributed by atoms with Crippen molar-refractivity contribution in [2.75, 3.05) is 33.7 Å². The van der Waals surface area contributed by atoms with Crippen molar-refractivity contribution in [2.45, 2.75) is 19.5 Å². The van der Waals surface area contributed by atoms with E-state index in [0.29, 0.717) is 35.7 Å². The van der Waals surface area contributed by atoms with Crippen molar-refractivity contribution in [3.05, 3.63) is 47.2 Å².